The minimum atomic E-state index is 0.427. The van der Waals surface area contributed by atoms with Crippen molar-refractivity contribution in [3.63, 3.8) is 0 Å². The van der Waals surface area contributed by atoms with E-state index >= 15 is 0 Å². The van der Waals surface area contributed by atoms with E-state index < -0.39 is 0 Å². The van der Waals surface area contributed by atoms with Gasteiger partial charge in [0.05, 0.1) is 15.7 Å². The maximum absolute atomic E-state index is 11.1. The second-order valence-corrected chi connectivity index (χ2v) is 4.55. The van der Waals surface area contributed by atoms with Crippen LogP contribution >= 0.6 is 11.3 Å². The van der Waals surface area contributed by atoms with Crippen LogP contribution in [0.25, 0.3) is 10.2 Å². The summed E-state index contributed by atoms with van der Waals surface area (Å²) < 4.78 is 1.02. The molecule has 15 heavy (non-hydrogen) atoms. The van der Waals surface area contributed by atoms with Crippen molar-refractivity contribution >= 4 is 27.8 Å². The number of rotatable bonds is 3. The lowest BCUT2D eigenvalue weighted by Gasteiger charge is -2.11. The molecule has 0 amide bonds. The van der Waals surface area contributed by atoms with E-state index in [4.69, 9.17) is 0 Å². The molecule has 1 aromatic carbocycles. The molecular formula is C12H13NOS. The first kappa shape index (κ1) is 10.3. The second-order valence-electron chi connectivity index (χ2n) is 3.70. The number of carbonyl (C=O) groups is 1. The maximum Gasteiger partial charge on any atom is 0.151 e. The minimum Gasteiger partial charge on any atom is -0.298 e. The van der Waals surface area contributed by atoms with Crippen LogP contribution < -0.4 is 0 Å². The zero-order valence-corrected chi connectivity index (χ0v) is 9.67. The fraction of sp³-hybridized carbons (Fsp3) is 0.333. The third-order valence-electron chi connectivity index (χ3n) is 2.83. The van der Waals surface area contributed by atoms with Crippen LogP contribution in [0.1, 0.15) is 42.1 Å². The van der Waals surface area contributed by atoms with Crippen molar-refractivity contribution in [2.45, 2.75) is 26.2 Å². The van der Waals surface area contributed by atoms with Gasteiger partial charge in [-0.2, -0.15) is 0 Å². The predicted octanol–water partition coefficient (Wildman–Crippen LogP) is 3.62. The number of hydrogen-bond donors (Lipinski definition) is 0. The van der Waals surface area contributed by atoms with Crippen LogP contribution in [0.15, 0.2) is 17.6 Å². The average Bonchev–Trinajstić information content (AvgIpc) is 2.74. The fourth-order valence-electron chi connectivity index (χ4n) is 1.74. The number of aldehydes is 1. The first-order valence-electron chi connectivity index (χ1n) is 5.09. The van der Waals surface area contributed by atoms with Crippen LogP contribution in [0.5, 0.6) is 0 Å². The smallest absolute Gasteiger partial charge is 0.151 e. The Morgan fingerprint density at radius 1 is 1.53 bits per heavy atom. The fourth-order valence-corrected chi connectivity index (χ4v) is 2.54. The van der Waals surface area contributed by atoms with E-state index in [1.165, 1.54) is 11.3 Å². The molecule has 78 valence electrons. The van der Waals surface area contributed by atoms with Crippen molar-refractivity contribution in [3.05, 3.63) is 28.8 Å². The monoisotopic (exact) mass is 219 g/mol. The van der Waals surface area contributed by atoms with Gasteiger partial charge in [-0.1, -0.05) is 19.9 Å². The Hall–Kier alpha value is -1.22. The lowest BCUT2D eigenvalue weighted by molar-refractivity contribution is 0.112. The molecule has 0 N–H and O–H groups in total. The minimum absolute atomic E-state index is 0.427. The molecule has 0 bridgehead atoms. The van der Waals surface area contributed by atoms with Gasteiger partial charge in [-0.05, 0) is 24.0 Å². The number of nitrogens with zero attached hydrogens (tertiary/aromatic N) is 1. The number of carbonyl (C=O) groups excluding carboxylic acids is 1. The molecule has 2 aromatic rings. The molecule has 3 heteroatoms. The van der Waals surface area contributed by atoms with Gasteiger partial charge in [0.25, 0.3) is 0 Å². The van der Waals surface area contributed by atoms with Crippen molar-refractivity contribution < 1.29 is 4.79 Å². The lowest BCUT2D eigenvalue weighted by Crippen LogP contribution is -1.97. The molecule has 1 heterocycles. The summed E-state index contributed by atoms with van der Waals surface area (Å²) >= 11 is 1.54. The van der Waals surface area contributed by atoms with E-state index in [9.17, 15) is 4.79 Å². The topological polar surface area (TPSA) is 30.0 Å². The van der Waals surface area contributed by atoms with Crippen molar-refractivity contribution in [2.24, 2.45) is 0 Å². The van der Waals surface area contributed by atoms with Crippen LogP contribution in [0.3, 0.4) is 0 Å². The number of benzene rings is 1. The molecular weight excluding hydrogens is 206 g/mol. The van der Waals surface area contributed by atoms with Crippen molar-refractivity contribution in [2.75, 3.05) is 0 Å². The zero-order chi connectivity index (χ0) is 10.8. The number of thiazole rings is 1. The van der Waals surface area contributed by atoms with Gasteiger partial charge >= 0.3 is 0 Å². The van der Waals surface area contributed by atoms with Crippen molar-refractivity contribution in [1.82, 2.24) is 4.98 Å². The molecule has 0 aliphatic rings. The van der Waals surface area contributed by atoms with Crippen LogP contribution in [-0.2, 0) is 0 Å². The van der Waals surface area contributed by atoms with Crippen molar-refractivity contribution in [1.29, 1.82) is 0 Å². The largest absolute Gasteiger partial charge is 0.298 e. The molecule has 0 aliphatic carbocycles. The summed E-state index contributed by atoms with van der Waals surface area (Å²) in [5.74, 6) is 0.427. The zero-order valence-electron chi connectivity index (χ0n) is 8.86. The standard InChI is InChI=1S/C12H13NOS/c1-3-8(2)9-4-5-11-12(10(9)6-14)15-7-13-11/h4-8H,3H2,1-2H3. The highest BCUT2D eigenvalue weighted by atomic mass is 32.1. The Morgan fingerprint density at radius 2 is 2.33 bits per heavy atom. The number of aromatic nitrogens is 1. The molecule has 1 aromatic heterocycles. The van der Waals surface area contributed by atoms with Crippen molar-refractivity contribution in [3.8, 4) is 0 Å². The first-order valence-corrected chi connectivity index (χ1v) is 5.97. The van der Waals surface area contributed by atoms with E-state index in [-0.39, 0.29) is 0 Å². The Morgan fingerprint density at radius 3 is 3.00 bits per heavy atom. The third kappa shape index (κ3) is 1.67. The highest BCUT2D eigenvalue weighted by molar-refractivity contribution is 7.17. The highest BCUT2D eigenvalue weighted by Gasteiger charge is 2.12. The van der Waals surface area contributed by atoms with E-state index in [1.54, 1.807) is 5.51 Å². The first-order chi connectivity index (χ1) is 7.27. The molecule has 0 saturated carbocycles. The summed E-state index contributed by atoms with van der Waals surface area (Å²) in [5, 5.41) is 0. The Labute approximate surface area is 93.0 Å². The summed E-state index contributed by atoms with van der Waals surface area (Å²) in [7, 11) is 0. The molecule has 0 spiro atoms. The van der Waals surface area contributed by atoms with E-state index in [2.05, 4.69) is 18.8 Å². The predicted molar refractivity (Wildman–Crippen MR) is 63.7 cm³/mol. The summed E-state index contributed by atoms with van der Waals surface area (Å²) in [6.07, 6.45) is 2.01. The molecule has 1 atom stereocenters. The number of hydrogen-bond acceptors (Lipinski definition) is 3. The third-order valence-corrected chi connectivity index (χ3v) is 3.71. The van der Waals surface area contributed by atoms with Crippen LogP contribution in [0, 0.1) is 0 Å². The Kier molecular flexibility index (Phi) is 2.82. The normalized spacial score (nSPS) is 12.9. The van der Waals surface area contributed by atoms with Gasteiger partial charge in [-0.3, -0.25) is 4.79 Å². The van der Waals surface area contributed by atoms with Crippen LogP contribution in [-0.4, -0.2) is 11.3 Å². The van der Waals surface area contributed by atoms with Gasteiger partial charge in [0.15, 0.2) is 6.29 Å². The molecule has 0 fully saturated rings. The summed E-state index contributed by atoms with van der Waals surface area (Å²) in [5.41, 5.74) is 4.68. The Balaban J connectivity index is 2.68. The quantitative estimate of drug-likeness (QED) is 0.738. The molecule has 0 saturated heterocycles. The summed E-state index contributed by atoms with van der Waals surface area (Å²) in [6, 6.07) is 4.03. The lowest BCUT2D eigenvalue weighted by atomic mass is 9.94. The van der Waals surface area contributed by atoms with Gasteiger partial charge < -0.3 is 0 Å². The average molecular weight is 219 g/mol. The van der Waals surface area contributed by atoms with Gasteiger partial charge in [0.2, 0.25) is 0 Å². The SMILES string of the molecule is CCC(C)c1ccc2ncsc2c1C=O. The maximum atomic E-state index is 11.1. The molecule has 2 nitrogen and oxygen atoms in total. The van der Waals surface area contributed by atoms with Gasteiger partial charge in [-0.15, -0.1) is 11.3 Å². The molecule has 0 aliphatic heterocycles. The molecule has 2 rings (SSSR count). The van der Waals surface area contributed by atoms with E-state index in [1.807, 2.05) is 12.1 Å². The van der Waals surface area contributed by atoms with Crippen LogP contribution in [0.4, 0.5) is 0 Å². The molecule has 1 unspecified atom stereocenters. The van der Waals surface area contributed by atoms with Gasteiger partial charge in [0.1, 0.15) is 0 Å². The summed E-state index contributed by atoms with van der Waals surface area (Å²) in [4.78, 5) is 15.4. The second kappa shape index (κ2) is 4.11. The molecule has 0 radical (unpaired) electrons. The van der Waals surface area contributed by atoms with Crippen LogP contribution in [0.2, 0.25) is 0 Å². The van der Waals surface area contributed by atoms with Gasteiger partial charge in [-0.25, -0.2) is 4.98 Å². The Bertz CT molecular complexity index is 489. The summed E-state index contributed by atoms with van der Waals surface area (Å²) in [6.45, 7) is 4.28. The van der Waals surface area contributed by atoms with Gasteiger partial charge in [0, 0.05) is 5.56 Å². The van der Waals surface area contributed by atoms with E-state index in [0.29, 0.717) is 5.92 Å². The number of fused-ring (bicyclic) bond motifs is 1. The van der Waals surface area contributed by atoms with E-state index in [0.717, 1.165) is 34.1 Å². The highest BCUT2D eigenvalue weighted by Crippen LogP contribution is 2.29.